The maximum absolute atomic E-state index is 5.83. The number of hydrogen-bond donors (Lipinski definition) is 0. The van der Waals surface area contributed by atoms with E-state index in [1.807, 2.05) is 18.2 Å². The van der Waals surface area contributed by atoms with Gasteiger partial charge >= 0.3 is 0 Å². The van der Waals surface area contributed by atoms with Crippen molar-refractivity contribution in [1.82, 2.24) is 0 Å². The molecule has 0 fully saturated rings. The zero-order valence-electron chi connectivity index (χ0n) is 12.1. The molecule has 0 heterocycles. The van der Waals surface area contributed by atoms with Crippen molar-refractivity contribution in [3.05, 3.63) is 23.8 Å². The third-order valence-electron chi connectivity index (χ3n) is 3.14. The molecule has 0 aromatic heterocycles. The molecule has 0 unspecified atom stereocenters. The third-order valence-corrected chi connectivity index (χ3v) is 3.45. The average molecular weight is 285 g/mol. The number of methoxy groups -OCH3 is 1. The van der Waals surface area contributed by atoms with Gasteiger partial charge in [-0.25, -0.2) is 0 Å². The highest BCUT2D eigenvalue weighted by Gasteiger charge is 2.05. The molecule has 1 aromatic rings. The van der Waals surface area contributed by atoms with Crippen LogP contribution in [0.3, 0.4) is 0 Å². The Bertz CT molecular complexity index is 353. The predicted molar refractivity (Wildman–Crippen MR) is 81.4 cm³/mol. The molecule has 1 aromatic carbocycles. The molecule has 0 atom stereocenters. The molecule has 0 saturated heterocycles. The number of halogens is 1. The van der Waals surface area contributed by atoms with E-state index in [4.69, 9.17) is 21.1 Å². The zero-order valence-corrected chi connectivity index (χ0v) is 12.8. The lowest BCUT2D eigenvalue weighted by atomic mass is 10.1. The molecule has 108 valence electrons. The van der Waals surface area contributed by atoms with E-state index in [0.29, 0.717) is 5.88 Å². The van der Waals surface area contributed by atoms with Gasteiger partial charge in [0.1, 0.15) is 0 Å². The summed E-state index contributed by atoms with van der Waals surface area (Å²) in [6.45, 7) is 2.98. The van der Waals surface area contributed by atoms with E-state index in [1.54, 1.807) is 7.11 Å². The van der Waals surface area contributed by atoms with Gasteiger partial charge in [-0.2, -0.15) is 0 Å². The molecule has 0 radical (unpaired) electrons. The summed E-state index contributed by atoms with van der Waals surface area (Å²) in [7, 11) is 1.66. The maximum atomic E-state index is 5.83. The van der Waals surface area contributed by atoms with Crippen molar-refractivity contribution < 1.29 is 9.47 Å². The first-order valence-electron chi connectivity index (χ1n) is 7.17. The van der Waals surface area contributed by atoms with Crippen LogP contribution < -0.4 is 9.47 Å². The van der Waals surface area contributed by atoms with Crippen LogP contribution in [-0.2, 0) is 5.88 Å². The van der Waals surface area contributed by atoms with Crippen molar-refractivity contribution in [2.24, 2.45) is 0 Å². The van der Waals surface area contributed by atoms with E-state index in [2.05, 4.69) is 6.92 Å². The standard InChI is InChI=1S/C16H25ClO2/c1-3-4-5-6-7-8-11-19-16-12-14(13-17)9-10-15(16)18-2/h9-10,12H,3-8,11,13H2,1-2H3. The van der Waals surface area contributed by atoms with Gasteiger partial charge in [0.05, 0.1) is 13.7 Å². The van der Waals surface area contributed by atoms with Crippen LogP contribution in [0.15, 0.2) is 18.2 Å². The predicted octanol–water partition coefficient (Wildman–Crippen LogP) is 5.17. The Morgan fingerprint density at radius 2 is 1.74 bits per heavy atom. The molecular formula is C16H25ClO2. The van der Waals surface area contributed by atoms with Gasteiger partial charge < -0.3 is 9.47 Å². The highest BCUT2D eigenvalue weighted by atomic mass is 35.5. The van der Waals surface area contributed by atoms with Crippen molar-refractivity contribution >= 4 is 11.6 Å². The van der Waals surface area contributed by atoms with Gasteiger partial charge in [-0.05, 0) is 24.1 Å². The van der Waals surface area contributed by atoms with Gasteiger partial charge in [0.25, 0.3) is 0 Å². The summed E-state index contributed by atoms with van der Waals surface area (Å²) < 4.78 is 11.1. The summed E-state index contributed by atoms with van der Waals surface area (Å²) in [4.78, 5) is 0. The van der Waals surface area contributed by atoms with Crippen molar-refractivity contribution in [3.8, 4) is 11.5 Å². The van der Waals surface area contributed by atoms with E-state index in [0.717, 1.165) is 30.1 Å². The summed E-state index contributed by atoms with van der Waals surface area (Å²) in [5.74, 6) is 2.08. The van der Waals surface area contributed by atoms with E-state index < -0.39 is 0 Å². The van der Waals surface area contributed by atoms with Crippen LogP contribution in [0.4, 0.5) is 0 Å². The molecule has 0 bridgehead atoms. The first-order chi connectivity index (χ1) is 9.31. The fourth-order valence-corrected chi connectivity index (χ4v) is 2.15. The lowest BCUT2D eigenvalue weighted by Crippen LogP contribution is -2.00. The molecule has 3 heteroatoms. The van der Waals surface area contributed by atoms with Gasteiger partial charge in [-0.15, -0.1) is 11.6 Å². The van der Waals surface area contributed by atoms with E-state index in [1.165, 1.54) is 32.1 Å². The molecule has 0 N–H and O–H groups in total. The molecule has 0 aliphatic carbocycles. The summed E-state index contributed by atoms with van der Waals surface area (Å²) in [5.41, 5.74) is 1.06. The minimum Gasteiger partial charge on any atom is -0.493 e. The molecular weight excluding hydrogens is 260 g/mol. The van der Waals surface area contributed by atoms with E-state index in [-0.39, 0.29) is 0 Å². The molecule has 0 aliphatic rings. The third kappa shape index (κ3) is 6.20. The lowest BCUT2D eigenvalue weighted by molar-refractivity contribution is 0.284. The van der Waals surface area contributed by atoms with Crippen LogP contribution in [0, 0.1) is 0 Å². The van der Waals surface area contributed by atoms with Crippen molar-refractivity contribution in [1.29, 1.82) is 0 Å². The number of benzene rings is 1. The first-order valence-corrected chi connectivity index (χ1v) is 7.71. The minimum absolute atomic E-state index is 0.497. The fourth-order valence-electron chi connectivity index (χ4n) is 1.98. The second-order valence-electron chi connectivity index (χ2n) is 4.74. The molecule has 0 aliphatic heterocycles. The van der Waals surface area contributed by atoms with Crippen LogP contribution in [0.25, 0.3) is 0 Å². The zero-order chi connectivity index (χ0) is 13.9. The van der Waals surface area contributed by atoms with Gasteiger partial charge in [0.15, 0.2) is 11.5 Å². The van der Waals surface area contributed by atoms with Crippen LogP contribution in [0.2, 0.25) is 0 Å². The summed E-state index contributed by atoms with van der Waals surface area (Å²) >= 11 is 5.83. The van der Waals surface area contributed by atoms with Gasteiger partial charge in [-0.1, -0.05) is 45.1 Å². The van der Waals surface area contributed by atoms with E-state index in [9.17, 15) is 0 Å². The van der Waals surface area contributed by atoms with Crippen LogP contribution in [-0.4, -0.2) is 13.7 Å². The van der Waals surface area contributed by atoms with Crippen LogP contribution in [0.5, 0.6) is 11.5 Å². The topological polar surface area (TPSA) is 18.5 Å². The largest absolute Gasteiger partial charge is 0.493 e. The molecule has 0 saturated carbocycles. The number of rotatable bonds is 10. The quantitative estimate of drug-likeness (QED) is 0.436. The first kappa shape index (κ1) is 16.2. The normalized spacial score (nSPS) is 10.5. The number of unbranched alkanes of at least 4 members (excludes halogenated alkanes) is 5. The summed E-state index contributed by atoms with van der Waals surface area (Å²) in [6.07, 6.45) is 7.60. The van der Waals surface area contributed by atoms with Gasteiger partial charge in [0, 0.05) is 5.88 Å². The Morgan fingerprint density at radius 3 is 2.42 bits per heavy atom. The maximum Gasteiger partial charge on any atom is 0.161 e. The van der Waals surface area contributed by atoms with Crippen molar-refractivity contribution in [2.45, 2.75) is 51.3 Å². The highest BCUT2D eigenvalue weighted by molar-refractivity contribution is 6.17. The van der Waals surface area contributed by atoms with Crippen LogP contribution >= 0.6 is 11.6 Å². The number of alkyl halides is 1. The number of hydrogen-bond acceptors (Lipinski definition) is 2. The Balaban J connectivity index is 2.31. The molecule has 19 heavy (non-hydrogen) atoms. The second kappa shape index (κ2) is 9.96. The molecule has 2 nitrogen and oxygen atoms in total. The summed E-state index contributed by atoms with van der Waals surface area (Å²) in [5, 5.41) is 0. The van der Waals surface area contributed by atoms with Crippen molar-refractivity contribution in [2.75, 3.05) is 13.7 Å². The molecule has 0 spiro atoms. The molecule has 0 amide bonds. The Hall–Kier alpha value is -0.890. The molecule has 1 rings (SSSR count). The average Bonchev–Trinajstić information content (AvgIpc) is 2.46. The fraction of sp³-hybridized carbons (Fsp3) is 0.625. The van der Waals surface area contributed by atoms with Gasteiger partial charge in [-0.3, -0.25) is 0 Å². The van der Waals surface area contributed by atoms with E-state index >= 15 is 0 Å². The number of ether oxygens (including phenoxy) is 2. The highest BCUT2D eigenvalue weighted by Crippen LogP contribution is 2.28. The Morgan fingerprint density at radius 1 is 1.00 bits per heavy atom. The second-order valence-corrected chi connectivity index (χ2v) is 5.00. The Kier molecular flexibility index (Phi) is 8.48. The lowest BCUT2D eigenvalue weighted by Gasteiger charge is -2.11. The summed E-state index contributed by atoms with van der Waals surface area (Å²) in [6, 6.07) is 5.83. The van der Waals surface area contributed by atoms with Gasteiger partial charge in [0.2, 0.25) is 0 Å². The minimum atomic E-state index is 0.497. The van der Waals surface area contributed by atoms with Crippen LogP contribution in [0.1, 0.15) is 51.0 Å². The Labute approximate surface area is 122 Å². The monoisotopic (exact) mass is 284 g/mol. The SMILES string of the molecule is CCCCCCCCOc1cc(CCl)ccc1OC. The van der Waals surface area contributed by atoms with Crippen molar-refractivity contribution in [3.63, 3.8) is 0 Å². The smallest absolute Gasteiger partial charge is 0.161 e.